The maximum absolute atomic E-state index is 12.5. The van der Waals surface area contributed by atoms with Gasteiger partial charge >= 0.3 is 0 Å². The van der Waals surface area contributed by atoms with Crippen molar-refractivity contribution in [3.63, 3.8) is 0 Å². The van der Waals surface area contributed by atoms with Gasteiger partial charge in [0.15, 0.2) is 0 Å². The lowest BCUT2D eigenvalue weighted by Crippen LogP contribution is -2.49. The summed E-state index contributed by atoms with van der Waals surface area (Å²) in [5, 5.41) is 7.32. The van der Waals surface area contributed by atoms with Crippen LogP contribution in [0, 0.1) is 0 Å². The molecule has 0 unspecified atom stereocenters. The maximum Gasteiger partial charge on any atom is 0.251 e. The smallest absolute Gasteiger partial charge is 0.251 e. The number of hydrogen-bond donors (Lipinski definition) is 1. The Morgan fingerprint density at radius 1 is 1.00 bits per heavy atom. The molecule has 4 rings (SSSR count). The van der Waals surface area contributed by atoms with E-state index in [9.17, 15) is 4.79 Å². The van der Waals surface area contributed by atoms with E-state index in [1.807, 2.05) is 24.3 Å². The molecule has 0 bridgehead atoms. The summed E-state index contributed by atoms with van der Waals surface area (Å²) in [5.74, 6) is -0.00736. The Morgan fingerprint density at radius 2 is 1.79 bits per heavy atom. The van der Waals surface area contributed by atoms with Crippen molar-refractivity contribution in [2.24, 2.45) is 0 Å². The number of hydrogen-bond acceptors (Lipinski definition) is 4. The van der Waals surface area contributed by atoms with Crippen molar-refractivity contribution in [2.45, 2.75) is 37.5 Å². The Hall–Kier alpha value is -1.69. The monoisotopic (exact) mass is 343 g/mol. The van der Waals surface area contributed by atoms with Crippen LogP contribution in [-0.4, -0.2) is 37.4 Å². The topological polar surface area (TPSA) is 47.6 Å². The molecule has 1 N–H and O–H groups in total. The quantitative estimate of drug-likeness (QED) is 0.928. The number of amides is 1. The largest absolute Gasteiger partial charge is 0.373 e. The molecule has 1 aromatic carbocycles. The van der Waals surface area contributed by atoms with Gasteiger partial charge in [0.25, 0.3) is 5.91 Å². The Labute approximate surface area is 145 Å². The fourth-order valence-corrected chi connectivity index (χ4v) is 4.17. The second kappa shape index (κ2) is 7.05. The second-order valence-corrected chi connectivity index (χ2v) is 7.17. The lowest BCUT2D eigenvalue weighted by atomic mass is 9.89. The van der Waals surface area contributed by atoms with Crippen LogP contribution in [0.15, 0.2) is 41.1 Å². The summed E-state index contributed by atoms with van der Waals surface area (Å²) in [6.07, 6.45) is 3.06. The van der Waals surface area contributed by atoms with E-state index >= 15 is 0 Å². The van der Waals surface area contributed by atoms with E-state index in [0.717, 1.165) is 24.8 Å². The number of carbonyl (C=O) groups is 1. The fourth-order valence-electron chi connectivity index (χ4n) is 3.51. The highest BCUT2D eigenvalue weighted by Crippen LogP contribution is 2.27. The molecule has 2 heterocycles. The maximum atomic E-state index is 12.5. The average molecular weight is 343 g/mol. The van der Waals surface area contributed by atoms with Gasteiger partial charge < -0.3 is 14.8 Å². The first kappa shape index (κ1) is 15.8. The number of fused-ring (bicyclic) bond motifs is 1. The SMILES string of the molecule is O=C(N[C@@H]1CC[C@H]2OCCO[C@@H]2C1)c1ccc(-c2ccsc2)cc1. The van der Waals surface area contributed by atoms with E-state index in [0.29, 0.717) is 18.8 Å². The molecule has 1 aromatic heterocycles. The summed E-state index contributed by atoms with van der Waals surface area (Å²) >= 11 is 1.68. The number of nitrogens with one attached hydrogen (secondary N) is 1. The van der Waals surface area contributed by atoms with Gasteiger partial charge in [-0.1, -0.05) is 12.1 Å². The van der Waals surface area contributed by atoms with Crippen LogP contribution in [0.5, 0.6) is 0 Å². The number of carbonyl (C=O) groups excluding carboxylic acids is 1. The summed E-state index contributed by atoms with van der Waals surface area (Å²) in [7, 11) is 0. The normalized spacial score (nSPS) is 26.6. The zero-order chi connectivity index (χ0) is 16.4. The van der Waals surface area contributed by atoms with Gasteiger partial charge in [-0.3, -0.25) is 4.79 Å². The Kier molecular flexibility index (Phi) is 4.65. The van der Waals surface area contributed by atoms with Gasteiger partial charge in [0.1, 0.15) is 0 Å². The van der Waals surface area contributed by atoms with Gasteiger partial charge in [-0.05, 0) is 59.3 Å². The minimum absolute atomic E-state index is 0.00736. The molecule has 1 aliphatic carbocycles. The number of ether oxygens (including phenoxy) is 2. The van der Waals surface area contributed by atoms with Crippen molar-refractivity contribution in [1.29, 1.82) is 0 Å². The molecule has 1 amide bonds. The van der Waals surface area contributed by atoms with E-state index in [2.05, 4.69) is 22.1 Å². The lowest BCUT2D eigenvalue weighted by molar-refractivity contribution is -0.157. The van der Waals surface area contributed by atoms with E-state index < -0.39 is 0 Å². The Balaban J connectivity index is 1.37. The highest BCUT2D eigenvalue weighted by Gasteiger charge is 2.34. The standard InChI is InChI=1S/C19H21NO3S/c21-19(14-3-1-13(2-4-14)15-7-10-24-12-15)20-16-5-6-17-18(11-16)23-9-8-22-17/h1-4,7,10,12,16-18H,5-6,8-9,11H2,(H,20,21)/t16-,17-,18-/m1/s1. The molecule has 1 saturated carbocycles. The van der Waals surface area contributed by atoms with Gasteiger partial charge in [-0.25, -0.2) is 0 Å². The summed E-state index contributed by atoms with van der Waals surface area (Å²) in [6, 6.07) is 10.1. The van der Waals surface area contributed by atoms with Crippen LogP contribution in [0.1, 0.15) is 29.6 Å². The van der Waals surface area contributed by atoms with Crippen molar-refractivity contribution in [3.8, 4) is 11.1 Å². The Bertz CT molecular complexity index is 683. The highest BCUT2D eigenvalue weighted by molar-refractivity contribution is 7.08. The molecule has 2 aromatic rings. The average Bonchev–Trinajstić information content (AvgIpc) is 3.16. The highest BCUT2D eigenvalue weighted by atomic mass is 32.1. The molecule has 0 radical (unpaired) electrons. The first-order valence-electron chi connectivity index (χ1n) is 8.46. The molecule has 2 fully saturated rings. The molecule has 3 atom stereocenters. The van der Waals surface area contributed by atoms with Crippen LogP contribution >= 0.6 is 11.3 Å². The zero-order valence-corrected chi connectivity index (χ0v) is 14.3. The van der Waals surface area contributed by atoms with E-state index in [1.54, 1.807) is 11.3 Å². The lowest BCUT2D eigenvalue weighted by Gasteiger charge is -2.39. The minimum atomic E-state index is -0.00736. The minimum Gasteiger partial charge on any atom is -0.373 e. The van der Waals surface area contributed by atoms with Crippen molar-refractivity contribution in [2.75, 3.05) is 13.2 Å². The number of thiophene rings is 1. The van der Waals surface area contributed by atoms with Crippen LogP contribution in [0.2, 0.25) is 0 Å². The summed E-state index contributed by atoms with van der Waals surface area (Å²) < 4.78 is 11.5. The molecule has 4 nitrogen and oxygen atoms in total. The number of rotatable bonds is 3. The second-order valence-electron chi connectivity index (χ2n) is 6.39. The first-order valence-corrected chi connectivity index (χ1v) is 9.40. The predicted molar refractivity (Wildman–Crippen MR) is 94.3 cm³/mol. The van der Waals surface area contributed by atoms with Gasteiger partial charge in [0.05, 0.1) is 25.4 Å². The predicted octanol–water partition coefficient (Wildman–Crippen LogP) is 3.48. The van der Waals surface area contributed by atoms with Gasteiger partial charge in [-0.2, -0.15) is 11.3 Å². The molecule has 5 heteroatoms. The summed E-state index contributed by atoms with van der Waals surface area (Å²) in [6.45, 7) is 1.35. The van der Waals surface area contributed by atoms with Crippen molar-refractivity contribution < 1.29 is 14.3 Å². The van der Waals surface area contributed by atoms with E-state index in [4.69, 9.17) is 9.47 Å². The zero-order valence-electron chi connectivity index (χ0n) is 13.4. The molecule has 0 spiro atoms. The third-order valence-corrected chi connectivity index (χ3v) is 5.50. The van der Waals surface area contributed by atoms with Gasteiger partial charge in [-0.15, -0.1) is 0 Å². The van der Waals surface area contributed by atoms with Gasteiger partial charge in [0, 0.05) is 11.6 Å². The Morgan fingerprint density at radius 3 is 2.54 bits per heavy atom. The first-order chi connectivity index (χ1) is 11.8. The van der Waals surface area contributed by atoms with Crippen LogP contribution in [0.25, 0.3) is 11.1 Å². The molecule has 2 aliphatic rings. The molecular weight excluding hydrogens is 322 g/mol. The van der Waals surface area contributed by atoms with Crippen LogP contribution in [0.4, 0.5) is 0 Å². The molecule has 1 aliphatic heterocycles. The van der Waals surface area contributed by atoms with Crippen molar-refractivity contribution in [3.05, 3.63) is 46.7 Å². The molecular formula is C19H21NO3S. The van der Waals surface area contributed by atoms with Gasteiger partial charge in [0.2, 0.25) is 0 Å². The van der Waals surface area contributed by atoms with Crippen LogP contribution in [-0.2, 0) is 9.47 Å². The molecule has 1 saturated heterocycles. The number of benzene rings is 1. The third kappa shape index (κ3) is 3.38. The molecule has 24 heavy (non-hydrogen) atoms. The summed E-state index contributed by atoms with van der Waals surface area (Å²) in [4.78, 5) is 12.5. The van der Waals surface area contributed by atoms with E-state index in [-0.39, 0.29) is 24.2 Å². The third-order valence-electron chi connectivity index (χ3n) is 4.82. The van der Waals surface area contributed by atoms with Crippen LogP contribution < -0.4 is 5.32 Å². The summed E-state index contributed by atoms with van der Waals surface area (Å²) in [5.41, 5.74) is 3.04. The molecule has 126 valence electrons. The van der Waals surface area contributed by atoms with Crippen LogP contribution in [0.3, 0.4) is 0 Å². The van der Waals surface area contributed by atoms with E-state index in [1.165, 1.54) is 5.56 Å². The fraction of sp³-hybridized carbons (Fsp3) is 0.421. The van der Waals surface area contributed by atoms with Crippen molar-refractivity contribution >= 4 is 17.2 Å². The van der Waals surface area contributed by atoms with Crippen molar-refractivity contribution in [1.82, 2.24) is 5.32 Å².